The number of benzene rings is 4. The Hall–Kier alpha value is -4.58. The van der Waals surface area contributed by atoms with Crippen LogP contribution in [-0.4, -0.2) is 24.9 Å². The fourth-order valence-corrected chi connectivity index (χ4v) is 4.13. The molecule has 6 rings (SSSR count). The van der Waals surface area contributed by atoms with E-state index in [9.17, 15) is 0 Å². The van der Waals surface area contributed by atoms with Crippen molar-refractivity contribution in [1.29, 1.82) is 0 Å². The number of nitrogens with zero attached hydrogens (tertiary/aromatic N) is 5. The normalized spacial score (nSPS) is 11.2. The Balaban J connectivity index is 1.34. The summed E-state index contributed by atoms with van der Waals surface area (Å²) in [6.07, 6.45) is 1.18. The van der Waals surface area contributed by atoms with E-state index in [1.807, 2.05) is 47.1 Å². The molecule has 0 unspecified atom stereocenters. The number of rotatable bonds is 6. The maximum Gasteiger partial charge on any atom is 0.227 e. The van der Waals surface area contributed by atoms with Gasteiger partial charge in [-0.1, -0.05) is 95.6 Å². The van der Waals surface area contributed by atoms with E-state index in [1.165, 1.54) is 10.9 Å². The van der Waals surface area contributed by atoms with Crippen LogP contribution in [0.5, 0.6) is 0 Å². The van der Waals surface area contributed by atoms with E-state index < -0.39 is 0 Å². The Morgan fingerprint density at radius 2 is 1.43 bits per heavy atom. The van der Waals surface area contributed by atoms with E-state index in [0.29, 0.717) is 30.4 Å². The fourth-order valence-electron chi connectivity index (χ4n) is 4.13. The lowest BCUT2D eigenvalue weighted by Crippen LogP contribution is -2.05. The average molecular weight is 458 g/mol. The van der Waals surface area contributed by atoms with Crippen LogP contribution in [0.25, 0.3) is 39.2 Å². The van der Waals surface area contributed by atoms with Crippen LogP contribution in [0.15, 0.2) is 102 Å². The molecule has 6 nitrogen and oxygen atoms in total. The van der Waals surface area contributed by atoms with E-state index in [2.05, 4.69) is 71.7 Å². The zero-order chi connectivity index (χ0) is 23.6. The molecule has 2 heterocycles. The summed E-state index contributed by atoms with van der Waals surface area (Å²) in [6.45, 7) is 2.07. The number of hydrogen-bond donors (Lipinski definition) is 0. The van der Waals surface area contributed by atoms with Crippen molar-refractivity contribution < 1.29 is 4.52 Å². The van der Waals surface area contributed by atoms with Crippen molar-refractivity contribution in [3.8, 4) is 28.5 Å². The van der Waals surface area contributed by atoms with Gasteiger partial charge in [-0.25, -0.2) is 9.67 Å². The van der Waals surface area contributed by atoms with Gasteiger partial charge >= 0.3 is 0 Å². The molecular weight excluding hydrogens is 434 g/mol. The van der Waals surface area contributed by atoms with Gasteiger partial charge in [0, 0.05) is 24.0 Å². The lowest BCUT2D eigenvalue weighted by atomic mass is 10.1. The molecule has 0 spiro atoms. The number of aryl methyl sites for hydroxylation is 3. The molecule has 0 radical (unpaired) electrons. The van der Waals surface area contributed by atoms with Crippen LogP contribution in [0.1, 0.15) is 17.3 Å². The summed E-state index contributed by atoms with van der Waals surface area (Å²) >= 11 is 0. The molecule has 0 saturated carbocycles. The molecule has 35 heavy (non-hydrogen) atoms. The molecule has 2 aromatic heterocycles. The van der Waals surface area contributed by atoms with Crippen LogP contribution < -0.4 is 0 Å². The second-order valence-corrected chi connectivity index (χ2v) is 8.54. The molecular formula is C29H23N5O. The monoisotopic (exact) mass is 457 g/mol. The van der Waals surface area contributed by atoms with Gasteiger partial charge < -0.3 is 4.52 Å². The zero-order valence-corrected chi connectivity index (χ0v) is 19.3. The van der Waals surface area contributed by atoms with Crippen molar-refractivity contribution in [2.45, 2.75) is 19.8 Å². The molecule has 4 aromatic carbocycles. The third kappa shape index (κ3) is 4.34. The Labute approximate surface area is 202 Å². The molecule has 0 amide bonds. The van der Waals surface area contributed by atoms with Crippen molar-refractivity contribution in [3.63, 3.8) is 0 Å². The predicted octanol–water partition coefficient (Wildman–Crippen LogP) is 6.23. The van der Waals surface area contributed by atoms with E-state index in [0.717, 1.165) is 28.0 Å². The van der Waals surface area contributed by atoms with Crippen molar-refractivity contribution in [2.24, 2.45) is 0 Å². The van der Waals surface area contributed by atoms with E-state index in [1.54, 1.807) is 0 Å². The smallest absolute Gasteiger partial charge is 0.227 e. The van der Waals surface area contributed by atoms with Crippen molar-refractivity contribution in [3.05, 3.63) is 114 Å². The highest BCUT2D eigenvalue weighted by Crippen LogP contribution is 2.23. The van der Waals surface area contributed by atoms with Gasteiger partial charge in [0.25, 0.3) is 0 Å². The van der Waals surface area contributed by atoms with Gasteiger partial charge in [0.15, 0.2) is 5.82 Å². The van der Waals surface area contributed by atoms with Gasteiger partial charge in [-0.3, -0.25) is 0 Å². The summed E-state index contributed by atoms with van der Waals surface area (Å²) in [7, 11) is 0. The first-order valence-electron chi connectivity index (χ1n) is 11.6. The highest BCUT2D eigenvalue weighted by molar-refractivity contribution is 5.84. The van der Waals surface area contributed by atoms with Crippen molar-refractivity contribution in [1.82, 2.24) is 24.9 Å². The molecule has 0 saturated heterocycles. The molecule has 0 aliphatic carbocycles. The molecule has 0 bridgehead atoms. The molecule has 0 N–H and O–H groups in total. The highest BCUT2D eigenvalue weighted by Gasteiger charge is 2.16. The van der Waals surface area contributed by atoms with Crippen molar-refractivity contribution >= 4 is 10.8 Å². The Morgan fingerprint density at radius 3 is 2.26 bits per heavy atom. The van der Waals surface area contributed by atoms with Gasteiger partial charge in [0.2, 0.25) is 11.7 Å². The lowest BCUT2D eigenvalue weighted by molar-refractivity contribution is 0.377. The Bertz CT molecular complexity index is 1600. The Morgan fingerprint density at radius 1 is 0.686 bits per heavy atom. The summed E-state index contributed by atoms with van der Waals surface area (Å²) in [5.74, 6) is 2.71. The third-order valence-corrected chi connectivity index (χ3v) is 6.02. The van der Waals surface area contributed by atoms with Crippen LogP contribution in [0.3, 0.4) is 0 Å². The second-order valence-electron chi connectivity index (χ2n) is 8.54. The zero-order valence-electron chi connectivity index (χ0n) is 19.3. The van der Waals surface area contributed by atoms with E-state index in [4.69, 9.17) is 14.6 Å². The minimum Gasteiger partial charge on any atom is -0.339 e. The minimum absolute atomic E-state index is 0.569. The first kappa shape index (κ1) is 21.0. The van der Waals surface area contributed by atoms with Crippen LogP contribution in [0, 0.1) is 6.92 Å². The first-order valence-corrected chi connectivity index (χ1v) is 11.6. The first-order chi connectivity index (χ1) is 17.2. The van der Waals surface area contributed by atoms with Gasteiger partial charge in [0.05, 0.1) is 5.69 Å². The van der Waals surface area contributed by atoms with Gasteiger partial charge in [-0.2, -0.15) is 4.98 Å². The summed E-state index contributed by atoms with van der Waals surface area (Å²) in [6, 6.07) is 32.8. The third-order valence-electron chi connectivity index (χ3n) is 6.02. The number of fused-ring (bicyclic) bond motifs is 1. The van der Waals surface area contributed by atoms with Crippen LogP contribution in [0.2, 0.25) is 0 Å². The maximum atomic E-state index is 5.53. The van der Waals surface area contributed by atoms with Crippen LogP contribution >= 0.6 is 0 Å². The summed E-state index contributed by atoms with van der Waals surface area (Å²) in [4.78, 5) is 9.49. The largest absolute Gasteiger partial charge is 0.339 e. The summed E-state index contributed by atoms with van der Waals surface area (Å²) in [5, 5.41) is 11.4. The molecule has 0 aliphatic rings. The molecule has 170 valence electrons. The van der Waals surface area contributed by atoms with E-state index in [-0.39, 0.29) is 0 Å². The minimum atomic E-state index is 0.569. The second kappa shape index (κ2) is 8.99. The topological polar surface area (TPSA) is 69.6 Å². The molecule has 0 fully saturated rings. The predicted molar refractivity (Wildman–Crippen MR) is 136 cm³/mol. The molecule has 0 atom stereocenters. The van der Waals surface area contributed by atoms with Crippen LogP contribution in [-0.2, 0) is 12.8 Å². The molecule has 6 aromatic rings. The molecule has 0 aliphatic heterocycles. The molecule has 6 heteroatoms. The van der Waals surface area contributed by atoms with E-state index >= 15 is 0 Å². The lowest BCUT2D eigenvalue weighted by Gasteiger charge is -2.07. The van der Waals surface area contributed by atoms with Gasteiger partial charge in [-0.05, 0) is 29.8 Å². The summed E-state index contributed by atoms with van der Waals surface area (Å²) < 4.78 is 7.46. The fraction of sp³-hybridized carbons (Fsp3) is 0.103. The quantitative estimate of drug-likeness (QED) is 0.296. The van der Waals surface area contributed by atoms with Crippen LogP contribution in [0.4, 0.5) is 0 Å². The van der Waals surface area contributed by atoms with Crippen molar-refractivity contribution in [2.75, 3.05) is 0 Å². The number of hydrogen-bond acceptors (Lipinski definition) is 5. The highest BCUT2D eigenvalue weighted by atomic mass is 16.5. The number of aromatic nitrogens is 5. The van der Waals surface area contributed by atoms with Gasteiger partial charge in [0.1, 0.15) is 5.82 Å². The summed E-state index contributed by atoms with van der Waals surface area (Å²) in [5.41, 5.74) is 4.10. The van der Waals surface area contributed by atoms with Gasteiger partial charge in [-0.15, -0.1) is 5.10 Å². The average Bonchev–Trinajstić information content (AvgIpc) is 3.56. The maximum absolute atomic E-state index is 5.53. The SMILES string of the molecule is Cc1ccc(-c2nc(CCc3nc(-c4ccccc4)no3)n(-c3ccc4ccccc4c3)n2)cc1. The Kier molecular flexibility index (Phi) is 5.39. The standard InChI is InChI=1S/C29H23N5O/c1-20-11-13-23(14-12-20)28-30-26(17-18-27-31-29(33-35-27)22-8-3-2-4-9-22)34(32-28)25-16-15-21-7-5-6-10-24(21)19-25/h2-16,19H,17-18H2,1H3.